The summed E-state index contributed by atoms with van der Waals surface area (Å²) in [7, 11) is 0. The van der Waals surface area contributed by atoms with E-state index < -0.39 is 0 Å². The highest BCUT2D eigenvalue weighted by Gasteiger charge is 2.06. The van der Waals surface area contributed by atoms with Gasteiger partial charge in [0.2, 0.25) is 5.91 Å². The minimum Gasteiger partial charge on any atom is -0.312 e. The second-order valence-corrected chi connectivity index (χ2v) is 7.04. The van der Waals surface area contributed by atoms with E-state index >= 15 is 0 Å². The minimum absolute atomic E-state index is 0.123. The first kappa shape index (κ1) is 19.5. The maximum atomic E-state index is 11.3. The quantitative estimate of drug-likeness (QED) is 0.641. The Labute approximate surface area is 165 Å². The van der Waals surface area contributed by atoms with Gasteiger partial charge in [0.05, 0.1) is 17.1 Å². The molecule has 0 unspecified atom stereocenters. The van der Waals surface area contributed by atoms with Crippen LogP contribution in [-0.4, -0.2) is 17.4 Å². The highest BCUT2D eigenvalue weighted by molar-refractivity contribution is 5.91. The van der Waals surface area contributed by atoms with E-state index in [2.05, 4.69) is 46.0 Å². The van der Waals surface area contributed by atoms with E-state index in [0.717, 1.165) is 52.7 Å². The number of pyridine rings is 1. The van der Waals surface area contributed by atoms with Crippen molar-refractivity contribution in [3.63, 3.8) is 0 Å². The maximum absolute atomic E-state index is 11.3. The van der Waals surface area contributed by atoms with Crippen LogP contribution in [0.2, 0.25) is 0 Å². The first-order valence-electron chi connectivity index (χ1n) is 9.34. The lowest BCUT2D eigenvalue weighted by molar-refractivity contribution is -0.114. The number of carbonyl (C=O) groups excluding carboxylic acids is 1. The average Bonchev–Trinajstić information content (AvgIpc) is 2.64. The number of fused-ring (bicyclic) bond motifs is 1. The van der Waals surface area contributed by atoms with Crippen molar-refractivity contribution in [2.45, 2.75) is 33.7 Å². The number of hydrogen-bond donors (Lipinski definition) is 2. The van der Waals surface area contributed by atoms with E-state index in [9.17, 15) is 4.79 Å². The molecule has 0 saturated heterocycles. The molecule has 142 valence electrons. The molecule has 1 aromatic heterocycles. The van der Waals surface area contributed by atoms with Crippen LogP contribution in [0, 0.1) is 25.2 Å². The van der Waals surface area contributed by atoms with Gasteiger partial charge in [-0.1, -0.05) is 24.3 Å². The number of anilines is 1. The van der Waals surface area contributed by atoms with Gasteiger partial charge in [-0.25, -0.2) is 4.98 Å². The zero-order chi connectivity index (χ0) is 20.1. The van der Waals surface area contributed by atoms with E-state index in [1.807, 2.05) is 32.0 Å². The molecule has 28 heavy (non-hydrogen) atoms. The van der Waals surface area contributed by atoms with Crippen molar-refractivity contribution >= 4 is 22.6 Å². The van der Waals surface area contributed by atoms with Crippen molar-refractivity contribution in [1.82, 2.24) is 10.3 Å². The molecular weight excluding hydrogens is 348 g/mol. The number of amides is 1. The first-order chi connectivity index (χ1) is 13.5. The van der Waals surface area contributed by atoms with Crippen molar-refractivity contribution in [3.05, 3.63) is 70.3 Å². The Bertz CT molecular complexity index is 1070. The predicted octanol–water partition coefficient (Wildman–Crippen LogP) is 4.01. The van der Waals surface area contributed by atoms with Gasteiger partial charge in [-0.15, -0.1) is 0 Å². The first-order valence-corrected chi connectivity index (χ1v) is 9.34. The molecular formula is C23H24N4O. The molecule has 0 spiro atoms. The van der Waals surface area contributed by atoms with Crippen molar-refractivity contribution in [2.75, 3.05) is 11.9 Å². The van der Waals surface area contributed by atoms with Gasteiger partial charge in [0.25, 0.3) is 0 Å². The summed E-state index contributed by atoms with van der Waals surface area (Å²) in [6.45, 7) is 7.07. The molecule has 3 rings (SSSR count). The molecule has 0 radical (unpaired) electrons. The van der Waals surface area contributed by atoms with Gasteiger partial charge in [0, 0.05) is 18.9 Å². The van der Waals surface area contributed by atoms with Gasteiger partial charge in [0.15, 0.2) is 0 Å². The zero-order valence-corrected chi connectivity index (χ0v) is 16.5. The van der Waals surface area contributed by atoms with Crippen LogP contribution < -0.4 is 10.6 Å². The van der Waals surface area contributed by atoms with Crippen molar-refractivity contribution in [1.29, 1.82) is 5.26 Å². The van der Waals surface area contributed by atoms with Crippen LogP contribution in [0.15, 0.2) is 42.5 Å². The van der Waals surface area contributed by atoms with Crippen molar-refractivity contribution in [3.8, 4) is 6.07 Å². The molecule has 0 fully saturated rings. The lowest BCUT2D eigenvalue weighted by Gasteiger charge is -2.10. The minimum atomic E-state index is -0.123. The molecule has 1 heterocycles. The van der Waals surface area contributed by atoms with Gasteiger partial charge in [0.1, 0.15) is 5.82 Å². The Kier molecular flexibility index (Phi) is 6.03. The van der Waals surface area contributed by atoms with E-state index in [1.54, 1.807) is 0 Å². The zero-order valence-electron chi connectivity index (χ0n) is 16.5. The summed E-state index contributed by atoms with van der Waals surface area (Å²) in [6, 6.07) is 16.3. The third-order valence-corrected chi connectivity index (χ3v) is 4.72. The number of rotatable bonds is 6. The number of nitrogens with zero attached hydrogens (tertiary/aromatic N) is 2. The standard InChI is InChI=1S/C23H24N4O/c1-15-10-18(4-6-20(15)13-24)8-9-25-14-19-5-7-21-16(2)11-23(26-17(3)28)27-22(21)12-19/h4-7,10-12,25H,8-9,14H2,1-3H3,(H,26,27,28). The molecule has 0 aliphatic rings. The van der Waals surface area contributed by atoms with Crippen LogP contribution in [-0.2, 0) is 17.8 Å². The van der Waals surface area contributed by atoms with Gasteiger partial charge in [-0.3, -0.25) is 4.79 Å². The largest absolute Gasteiger partial charge is 0.312 e. The summed E-state index contributed by atoms with van der Waals surface area (Å²) in [5.74, 6) is 0.459. The molecule has 0 aliphatic carbocycles. The third kappa shape index (κ3) is 4.73. The van der Waals surface area contributed by atoms with E-state index in [4.69, 9.17) is 5.26 Å². The van der Waals surface area contributed by atoms with Gasteiger partial charge in [-0.2, -0.15) is 5.26 Å². The molecule has 1 amide bonds. The SMILES string of the molecule is CC(=O)Nc1cc(C)c2ccc(CNCCc3ccc(C#N)c(C)c3)cc2n1. The summed E-state index contributed by atoms with van der Waals surface area (Å²) in [4.78, 5) is 15.9. The van der Waals surface area contributed by atoms with Crippen molar-refractivity contribution < 1.29 is 4.79 Å². The summed E-state index contributed by atoms with van der Waals surface area (Å²) >= 11 is 0. The van der Waals surface area contributed by atoms with E-state index in [0.29, 0.717) is 5.82 Å². The summed E-state index contributed by atoms with van der Waals surface area (Å²) in [5, 5.41) is 16.3. The van der Waals surface area contributed by atoms with E-state index in [-0.39, 0.29) is 5.91 Å². The molecule has 5 heteroatoms. The molecule has 0 atom stereocenters. The molecule has 3 aromatic rings. The van der Waals surface area contributed by atoms with Crippen LogP contribution in [0.5, 0.6) is 0 Å². The molecule has 0 bridgehead atoms. The second-order valence-electron chi connectivity index (χ2n) is 7.04. The fraction of sp³-hybridized carbons (Fsp3) is 0.261. The molecule has 2 aromatic carbocycles. The molecule has 5 nitrogen and oxygen atoms in total. The fourth-order valence-electron chi connectivity index (χ4n) is 3.27. The Morgan fingerprint density at radius 3 is 2.57 bits per heavy atom. The highest BCUT2D eigenvalue weighted by Crippen LogP contribution is 2.21. The van der Waals surface area contributed by atoms with Crippen LogP contribution in [0.3, 0.4) is 0 Å². The summed E-state index contributed by atoms with van der Waals surface area (Å²) < 4.78 is 0. The van der Waals surface area contributed by atoms with Crippen LogP contribution in [0.25, 0.3) is 10.9 Å². The monoisotopic (exact) mass is 372 g/mol. The van der Waals surface area contributed by atoms with Gasteiger partial charge in [-0.05, 0) is 67.3 Å². The van der Waals surface area contributed by atoms with Crippen LogP contribution >= 0.6 is 0 Å². The van der Waals surface area contributed by atoms with Crippen molar-refractivity contribution in [2.24, 2.45) is 0 Å². The third-order valence-electron chi connectivity index (χ3n) is 4.72. The van der Waals surface area contributed by atoms with Gasteiger partial charge < -0.3 is 10.6 Å². The fourth-order valence-corrected chi connectivity index (χ4v) is 3.27. The Hall–Kier alpha value is -3.23. The number of hydrogen-bond acceptors (Lipinski definition) is 4. The number of carbonyl (C=O) groups is 1. The lowest BCUT2D eigenvalue weighted by Crippen LogP contribution is -2.16. The van der Waals surface area contributed by atoms with E-state index in [1.165, 1.54) is 12.5 Å². The summed E-state index contributed by atoms with van der Waals surface area (Å²) in [5.41, 5.74) is 6.09. The average molecular weight is 372 g/mol. The lowest BCUT2D eigenvalue weighted by atomic mass is 10.0. The molecule has 0 saturated carbocycles. The Morgan fingerprint density at radius 1 is 1.07 bits per heavy atom. The normalized spacial score (nSPS) is 10.6. The van der Waals surface area contributed by atoms with Gasteiger partial charge >= 0.3 is 0 Å². The number of aryl methyl sites for hydroxylation is 2. The molecule has 2 N–H and O–H groups in total. The Balaban J connectivity index is 1.63. The number of aromatic nitrogens is 1. The predicted molar refractivity (Wildman–Crippen MR) is 112 cm³/mol. The highest BCUT2D eigenvalue weighted by atomic mass is 16.1. The smallest absolute Gasteiger partial charge is 0.222 e. The van der Waals surface area contributed by atoms with Crippen LogP contribution in [0.1, 0.15) is 34.7 Å². The Morgan fingerprint density at radius 2 is 1.86 bits per heavy atom. The second kappa shape index (κ2) is 8.64. The topological polar surface area (TPSA) is 77.8 Å². The number of nitrogens with one attached hydrogen (secondary N) is 2. The summed E-state index contributed by atoms with van der Waals surface area (Å²) in [6.07, 6.45) is 0.907. The maximum Gasteiger partial charge on any atom is 0.222 e. The molecule has 0 aliphatic heterocycles. The van der Waals surface area contributed by atoms with Crippen LogP contribution in [0.4, 0.5) is 5.82 Å². The number of benzene rings is 2. The number of nitriles is 1.